The third-order valence-electron chi connectivity index (χ3n) is 3.36. The Bertz CT molecular complexity index is 482. The van der Waals surface area contributed by atoms with Crippen molar-refractivity contribution in [1.82, 2.24) is 5.32 Å². The van der Waals surface area contributed by atoms with E-state index in [1.165, 1.54) is 5.56 Å². The fourth-order valence-corrected chi connectivity index (χ4v) is 2.43. The van der Waals surface area contributed by atoms with Gasteiger partial charge in [0.1, 0.15) is 5.76 Å². The Labute approximate surface area is 122 Å². The molecule has 0 saturated carbocycles. The van der Waals surface area contributed by atoms with E-state index in [0.29, 0.717) is 11.5 Å². The van der Waals surface area contributed by atoms with Crippen LogP contribution in [0.15, 0.2) is 53.1 Å². The van der Waals surface area contributed by atoms with Gasteiger partial charge in [-0.3, -0.25) is 0 Å². The second kappa shape index (κ2) is 6.76. The highest BCUT2D eigenvalue weighted by Crippen LogP contribution is 2.29. The van der Waals surface area contributed by atoms with Crippen molar-refractivity contribution in [3.8, 4) is 0 Å². The molecule has 0 aliphatic rings. The zero-order chi connectivity index (χ0) is 14.4. The summed E-state index contributed by atoms with van der Waals surface area (Å²) in [7, 11) is 0. The third-order valence-corrected chi connectivity index (χ3v) is 3.36. The summed E-state index contributed by atoms with van der Waals surface area (Å²) in [6.07, 6.45) is 3.79. The molecule has 1 unspecified atom stereocenters. The Hall–Kier alpha value is -1.54. The van der Waals surface area contributed by atoms with E-state index in [1.807, 2.05) is 12.1 Å². The van der Waals surface area contributed by atoms with Crippen LogP contribution in [0.2, 0.25) is 0 Å². The van der Waals surface area contributed by atoms with Gasteiger partial charge in [-0.15, -0.1) is 0 Å². The van der Waals surface area contributed by atoms with E-state index in [0.717, 1.165) is 25.1 Å². The first kappa shape index (κ1) is 14.9. The number of furan rings is 1. The van der Waals surface area contributed by atoms with Crippen LogP contribution in [0.3, 0.4) is 0 Å². The molecule has 1 N–H and O–H groups in total. The van der Waals surface area contributed by atoms with Crippen LogP contribution in [0, 0.1) is 5.41 Å². The number of hydrogen-bond donors (Lipinski definition) is 1. The second-order valence-electron chi connectivity index (χ2n) is 6.51. The number of hydrogen-bond acceptors (Lipinski definition) is 2. The highest BCUT2D eigenvalue weighted by molar-refractivity contribution is 5.19. The summed E-state index contributed by atoms with van der Waals surface area (Å²) in [5.74, 6) is 1.04. The van der Waals surface area contributed by atoms with Gasteiger partial charge in [-0.05, 0) is 29.5 Å². The van der Waals surface area contributed by atoms with E-state index in [2.05, 4.69) is 56.4 Å². The van der Waals surface area contributed by atoms with Gasteiger partial charge in [0.05, 0.1) is 6.26 Å². The first-order chi connectivity index (χ1) is 9.54. The molecule has 1 heterocycles. The predicted octanol–water partition coefficient (Wildman–Crippen LogP) is 4.59. The van der Waals surface area contributed by atoms with Gasteiger partial charge in [-0.1, -0.05) is 51.1 Å². The van der Waals surface area contributed by atoms with Crippen LogP contribution >= 0.6 is 0 Å². The lowest BCUT2D eigenvalue weighted by Gasteiger charge is -2.27. The fourth-order valence-electron chi connectivity index (χ4n) is 2.43. The summed E-state index contributed by atoms with van der Waals surface area (Å²) >= 11 is 0. The summed E-state index contributed by atoms with van der Waals surface area (Å²) in [6, 6.07) is 15.1. The van der Waals surface area contributed by atoms with E-state index < -0.39 is 0 Å². The lowest BCUT2D eigenvalue weighted by molar-refractivity contribution is 0.310. The van der Waals surface area contributed by atoms with Crippen LogP contribution in [0.5, 0.6) is 0 Å². The molecule has 2 heteroatoms. The molecule has 1 aromatic heterocycles. The summed E-state index contributed by atoms with van der Waals surface area (Å²) < 4.78 is 5.38. The molecule has 1 aromatic carbocycles. The highest BCUT2D eigenvalue weighted by atomic mass is 16.3. The molecule has 0 spiro atoms. The van der Waals surface area contributed by atoms with Crippen LogP contribution in [-0.2, 0) is 6.42 Å². The average Bonchev–Trinajstić information content (AvgIpc) is 2.90. The van der Waals surface area contributed by atoms with Crippen molar-refractivity contribution in [2.75, 3.05) is 6.54 Å². The van der Waals surface area contributed by atoms with Crippen LogP contribution < -0.4 is 5.32 Å². The van der Waals surface area contributed by atoms with Gasteiger partial charge < -0.3 is 9.73 Å². The summed E-state index contributed by atoms with van der Waals surface area (Å²) in [4.78, 5) is 0. The molecule has 1 atom stereocenters. The maximum Gasteiger partial charge on any atom is 0.105 e. The molecule has 2 aromatic rings. The summed E-state index contributed by atoms with van der Waals surface area (Å²) in [5.41, 5.74) is 1.67. The molecule has 0 amide bonds. The maximum atomic E-state index is 5.38. The van der Waals surface area contributed by atoms with Gasteiger partial charge in [0, 0.05) is 19.0 Å². The SMILES string of the molecule is CC(C)(C)CC(NCCc1ccco1)c1ccccc1. The van der Waals surface area contributed by atoms with Crippen molar-refractivity contribution >= 4 is 0 Å². The van der Waals surface area contributed by atoms with Gasteiger partial charge in [0.2, 0.25) is 0 Å². The van der Waals surface area contributed by atoms with Crippen molar-refractivity contribution in [3.05, 3.63) is 60.1 Å². The van der Waals surface area contributed by atoms with E-state index in [1.54, 1.807) is 6.26 Å². The second-order valence-corrected chi connectivity index (χ2v) is 6.51. The molecule has 0 radical (unpaired) electrons. The molecule has 2 rings (SSSR count). The first-order valence-electron chi connectivity index (χ1n) is 7.35. The van der Waals surface area contributed by atoms with Crippen molar-refractivity contribution < 1.29 is 4.42 Å². The predicted molar refractivity (Wildman–Crippen MR) is 83.7 cm³/mol. The normalized spacial score (nSPS) is 13.3. The van der Waals surface area contributed by atoms with Crippen LogP contribution in [0.4, 0.5) is 0 Å². The smallest absolute Gasteiger partial charge is 0.105 e. The van der Waals surface area contributed by atoms with Gasteiger partial charge in [0.15, 0.2) is 0 Å². The molecule has 2 nitrogen and oxygen atoms in total. The van der Waals surface area contributed by atoms with Gasteiger partial charge in [-0.25, -0.2) is 0 Å². The van der Waals surface area contributed by atoms with Crippen molar-refractivity contribution in [2.24, 2.45) is 5.41 Å². The highest BCUT2D eigenvalue weighted by Gasteiger charge is 2.19. The minimum Gasteiger partial charge on any atom is -0.469 e. The molecular weight excluding hydrogens is 246 g/mol. The third kappa shape index (κ3) is 4.86. The van der Waals surface area contributed by atoms with Gasteiger partial charge in [-0.2, -0.15) is 0 Å². The topological polar surface area (TPSA) is 25.2 Å². The molecule has 0 fully saturated rings. The molecular formula is C18H25NO. The van der Waals surface area contributed by atoms with E-state index in [-0.39, 0.29) is 0 Å². The standard InChI is InChI=1S/C18H25NO/c1-18(2,3)14-17(15-8-5-4-6-9-15)19-12-11-16-10-7-13-20-16/h4-10,13,17,19H,11-12,14H2,1-3H3. The Morgan fingerprint density at radius 3 is 2.40 bits per heavy atom. The van der Waals surface area contributed by atoms with Gasteiger partial charge >= 0.3 is 0 Å². The number of rotatable bonds is 6. The summed E-state index contributed by atoms with van der Waals surface area (Å²) in [6.45, 7) is 7.80. The van der Waals surface area contributed by atoms with Crippen LogP contribution in [0.25, 0.3) is 0 Å². The monoisotopic (exact) mass is 271 g/mol. The largest absolute Gasteiger partial charge is 0.469 e. The Balaban J connectivity index is 1.96. The molecule has 0 saturated heterocycles. The molecule has 20 heavy (non-hydrogen) atoms. The minimum absolute atomic E-state index is 0.304. The quantitative estimate of drug-likeness (QED) is 0.831. The molecule has 0 aliphatic carbocycles. The van der Waals surface area contributed by atoms with Crippen molar-refractivity contribution in [3.63, 3.8) is 0 Å². The Morgan fingerprint density at radius 1 is 1.05 bits per heavy atom. The Kier molecular flexibility index (Phi) is 5.02. The van der Waals surface area contributed by atoms with Crippen LogP contribution in [-0.4, -0.2) is 6.54 Å². The molecule has 0 bridgehead atoms. The fraction of sp³-hybridized carbons (Fsp3) is 0.444. The van der Waals surface area contributed by atoms with E-state index in [9.17, 15) is 0 Å². The lowest BCUT2D eigenvalue weighted by atomic mass is 9.85. The van der Waals surface area contributed by atoms with Crippen molar-refractivity contribution in [1.29, 1.82) is 0 Å². The zero-order valence-corrected chi connectivity index (χ0v) is 12.7. The summed E-state index contributed by atoms with van der Waals surface area (Å²) in [5, 5.41) is 3.67. The molecule has 108 valence electrons. The average molecular weight is 271 g/mol. The van der Waals surface area contributed by atoms with E-state index in [4.69, 9.17) is 4.42 Å². The van der Waals surface area contributed by atoms with Crippen molar-refractivity contribution in [2.45, 2.75) is 39.7 Å². The van der Waals surface area contributed by atoms with E-state index >= 15 is 0 Å². The van der Waals surface area contributed by atoms with Crippen LogP contribution in [0.1, 0.15) is 44.6 Å². The number of benzene rings is 1. The maximum absolute atomic E-state index is 5.38. The first-order valence-corrected chi connectivity index (χ1v) is 7.35. The number of nitrogens with one attached hydrogen (secondary N) is 1. The minimum atomic E-state index is 0.304. The lowest BCUT2D eigenvalue weighted by Crippen LogP contribution is -2.27. The zero-order valence-electron chi connectivity index (χ0n) is 12.7. The molecule has 0 aliphatic heterocycles. The Morgan fingerprint density at radius 2 is 1.80 bits per heavy atom. The van der Waals surface area contributed by atoms with Gasteiger partial charge in [0.25, 0.3) is 0 Å².